The lowest BCUT2D eigenvalue weighted by Gasteiger charge is -2.40. The second-order valence-electron chi connectivity index (χ2n) is 21.8. The summed E-state index contributed by atoms with van der Waals surface area (Å²) in [6.45, 7) is 3.77. The highest BCUT2D eigenvalue weighted by atomic mass is 16.7. The molecule has 0 saturated carbocycles. The minimum absolute atomic E-state index is 0.186. The van der Waals surface area contributed by atoms with Crippen LogP contribution in [-0.2, 0) is 14.3 Å². The van der Waals surface area contributed by atoms with Crippen molar-refractivity contribution in [2.75, 3.05) is 13.2 Å². The van der Waals surface area contributed by atoms with Gasteiger partial charge in [0.1, 0.15) is 24.4 Å². The molecular weight excluding hydrogens is 899 g/mol. The SMILES string of the molecule is CCCCCCC/C=C/CC/C=C/CC/C=C/C(O)C(COC1OC(CO)C(O)C(O)C1O)NC(=O)CCCCCCCCCCCCCCCCCCCCCCCCCCCCCCCCCCCC. The zero-order valence-electron chi connectivity index (χ0n) is 47.2. The number of allylic oxidation sites excluding steroid dienone is 5. The first-order chi connectivity index (χ1) is 35.3. The molecule has 9 nitrogen and oxygen atoms in total. The Morgan fingerprint density at radius 1 is 0.458 bits per heavy atom. The zero-order valence-corrected chi connectivity index (χ0v) is 47.2. The number of carbonyl (C=O) groups excluding carboxylic acids is 1. The zero-order chi connectivity index (χ0) is 52.2. The second kappa shape index (κ2) is 52.8. The summed E-state index contributed by atoms with van der Waals surface area (Å²) < 4.78 is 11.2. The molecule has 6 N–H and O–H groups in total. The second-order valence-corrected chi connectivity index (χ2v) is 21.8. The summed E-state index contributed by atoms with van der Waals surface area (Å²) in [5.41, 5.74) is 0. The first-order valence-electron chi connectivity index (χ1n) is 31.2. The van der Waals surface area contributed by atoms with E-state index < -0.39 is 49.5 Å². The number of rotatable bonds is 54. The van der Waals surface area contributed by atoms with Crippen LogP contribution >= 0.6 is 0 Å². The quantitative estimate of drug-likeness (QED) is 0.0261. The van der Waals surface area contributed by atoms with Crippen LogP contribution in [-0.4, -0.2) is 87.5 Å². The third-order valence-corrected chi connectivity index (χ3v) is 14.9. The molecule has 1 aliphatic heterocycles. The van der Waals surface area contributed by atoms with E-state index in [1.54, 1.807) is 6.08 Å². The normalized spacial score (nSPS) is 19.3. The van der Waals surface area contributed by atoms with Gasteiger partial charge in [-0.15, -0.1) is 0 Å². The Morgan fingerprint density at radius 2 is 0.792 bits per heavy atom. The van der Waals surface area contributed by atoms with E-state index in [1.807, 2.05) is 6.08 Å². The van der Waals surface area contributed by atoms with Gasteiger partial charge in [-0.2, -0.15) is 0 Å². The summed E-state index contributed by atoms with van der Waals surface area (Å²) in [6, 6.07) is -0.826. The fourth-order valence-electron chi connectivity index (χ4n) is 10.0. The van der Waals surface area contributed by atoms with Crippen LogP contribution in [0.2, 0.25) is 0 Å². The molecule has 0 aromatic carbocycles. The van der Waals surface area contributed by atoms with Crippen molar-refractivity contribution in [3.63, 3.8) is 0 Å². The number of unbranched alkanes of at least 4 members (excludes halogenated alkanes) is 40. The Balaban J connectivity index is 2.10. The summed E-state index contributed by atoms with van der Waals surface area (Å²) in [4.78, 5) is 13.1. The van der Waals surface area contributed by atoms with Crippen LogP contribution < -0.4 is 5.32 Å². The van der Waals surface area contributed by atoms with Crippen LogP contribution in [0, 0.1) is 0 Å². The molecule has 424 valence electrons. The summed E-state index contributed by atoms with van der Waals surface area (Å²) in [6.07, 6.45) is 62.5. The number of nitrogens with one attached hydrogen (secondary N) is 1. The molecule has 1 saturated heterocycles. The predicted octanol–water partition coefficient (Wildman–Crippen LogP) is 15.9. The van der Waals surface area contributed by atoms with Crippen molar-refractivity contribution in [1.82, 2.24) is 5.32 Å². The molecule has 0 bridgehead atoms. The Labute approximate surface area is 444 Å². The average molecular weight is 1020 g/mol. The van der Waals surface area contributed by atoms with Gasteiger partial charge in [0.15, 0.2) is 6.29 Å². The van der Waals surface area contributed by atoms with Crippen LogP contribution in [0.25, 0.3) is 0 Å². The van der Waals surface area contributed by atoms with Crippen LogP contribution in [0.1, 0.15) is 303 Å². The Morgan fingerprint density at radius 3 is 1.17 bits per heavy atom. The van der Waals surface area contributed by atoms with Gasteiger partial charge in [0, 0.05) is 6.42 Å². The molecule has 9 heteroatoms. The first kappa shape index (κ1) is 68.4. The molecule has 7 unspecified atom stereocenters. The average Bonchev–Trinajstić information content (AvgIpc) is 3.38. The maximum atomic E-state index is 13.1. The number of hydrogen-bond acceptors (Lipinski definition) is 8. The maximum Gasteiger partial charge on any atom is 0.220 e. The van der Waals surface area contributed by atoms with Crippen LogP contribution in [0.4, 0.5) is 0 Å². The van der Waals surface area contributed by atoms with E-state index in [0.717, 1.165) is 51.4 Å². The molecule has 1 fully saturated rings. The van der Waals surface area contributed by atoms with Gasteiger partial charge >= 0.3 is 0 Å². The number of hydrogen-bond donors (Lipinski definition) is 6. The van der Waals surface area contributed by atoms with Gasteiger partial charge in [-0.3, -0.25) is 4.79 Å². The van der Waals surface area contributed by atoms with E-state index in [2.05, 4.69) is 43.5 Å². The topological polar surface area (TPSA) is 149 Å². The van der Waals surface area contributed by atoms with E-state index in [9.17, 15) is 30.3 Å². The standard InChI is InChI=1S/C63H119NO8/c1-3-5-7-9-11-13-15-17-19-20-21-22-23-24-25-26-27-28-29-30-31-32-33-34-35-36-37-39-41-43-45-47-49-51-53-59(67)64-56(55-71-63-62(70)61(69)60(68)58(54-65)72-63)57(66)52-50-48-46-44-42-40-38-18-16-14-12-10-8-6-4-2/h16,18,42,44,50,52,56-58,60-63,65-66,68-70H,3-15,17,19-41,43,45-49,51,53-55H2,1-2H3,(H,64,67)/b18-16+,44-42+,52-50+. The van der Waals surface area contributed by atoms with Crippen molar-refractivity contribution in [3.8, 4) is 0 Å². The van der Waals surface area contributed by atoms with Crippen molar-refractivity contribution >= 4 is 5.91 Å². The van der Waals surface area contributed by atoms with Gasteiger partial charge in [-0.05, 0) is 44.9 Å². The molecule has 7 atom stereocenters. The lowest BCUT2D eigenvalue weighted by Crippen LogP contribution is -2.60. The molecule has 0 aromatic heterocycles. The van der Waals surface area contributed by atoms with E-state index >= 15 is 0 Å². The minimum atomic E-state index is -1.57. The minimum Gasteiger partial charge on any atom is -0.394 e. The van der Waals surface area contributed by atoms with Crippen molar-refractivity contribution in [2.24, 2.45) is 0 Å². The van der Waals surface area contributed by atoms with Crippen LogP contribution in [0.15, 0.2) is 36.5 Å². The van der Waals surface area contributed by atoms with Gasteiger partial charge in [0.05, 0.1) is 25.4 Å². The molecule has 72 heavy (non-hydrogen) atoms. The molecule has 1 aliphatic rings. The summed E-state index contributed by atoms with van der Waals surface area (Å²) in [5, 5.41) is 54.4. The predicted molar refractivity (Wildman–Crippen MR) is 304 cm³/mol. The molecule has 1 amide bonds. The number of carbonyl (C=O) groups is 1. The fraction of sp³-hybridized carbons (Fsp3) is 0.889. The van der Waals surface area contributed by atoms with Gasteiger partial charge in [0.2, 0.25) is 5.91 Å². The van der Waals surface area contributed by atoms with E-state index in [0.29, 0.717) is 6.42 Å². The molecule has 0 aromatic rings. The molecule has 0 aliphatic carbocycles. The van der Waals surface area contributed by atoms with E-state index in [-0.39, 0.29) is 12.5 Å². The van der Waals surface area contributed by atoms with E-state index in [4.69, 9.17) is 9.47 Å². The highest BCUT2D eigenvalue weighted by molar-refractivity contribution is 5.76. The molecule has 1 heterocycles. The van der Waals surface area contributed by atoms with Crippen molar-refractivity contribution in [2.45, 2.75) is 346 Å². The van der Waals surface area contributed by atoms with E-state index in [1.165, 1.54) is 231 Å². The fourth-order valence-corrected chi connectivity index (χ4v) is 10.0. The highest BCUT2D eigenvalue weighted by Gasteiger charge is 2.44. The largest absolute Gasteiger partial charge is 0.394 e. The van der Waals surface area contributed by atoms with Gasteiger partial charge in [-0.25, -0.2) is 0 Å². The Kier molecular flexibility index (Phi) is 50.2. The number of aliphatic hydroxyl groups is 5. The van der Waals surface area contributed by atoms with Crippen molar-refractivity contribution < 1.29 is 39.8 Å². The Hall–Kier alpha value is -1.59. The van der Waals surface area contributed by atoms with Crippen LogP contribution in [0.5, 0.6) is 0 Å². The van der Waals surface area contributed by atoms with Gasteiger partial charge in [-0.1, -0.05) is 288 Å². The summed E-state index contributed by atoms with van der Waals surface area (Å²) in [5.74, 6) is -0.186. The van der Waals surface area contributed by atoms with Gasteiger partial charge in [0.25, 0.3) is 0 Å². The maximum absolute atomic E-state index is 13.1. The molecular formula is C63H119NO8. The Bertz CT molecular complexity index is 1230. The monoisotopic (exact) mass is 1020 g/mol. The third-order valence-electron chi connectivity index (χ3n) is 14.9. The van der Waals surface area contributed by atoms with Crippen molar-refractivity contribution in [1.29, 1.82) is 0 Å². The number of ether oxygens (including phenoxy) is 2. The highest BCUT2D eigenvalue weighted by Crippen LogP contribution is 2.23. The van der Waals surface area contributed by atoms with Crippen molar-refractivity contribution in [3.05, 3.63) is 36.5 Å². The first-order valence-corrected chi connectivity index (χ1v) is 31.2. The smallest absolute Gasteiger partial charge is 0.220 e. The molecule has 0 spiro atoms. The lowest BCUT2D eigenvalue weighted by atomic mass is 9.99. The number of aliphatic hydroxyl groups excluding tert-OH is 5. The van der Waals surface area contributed by atoms with Crippen LogP contribution in [0.3, 0.4) is 0 Å². The molecule has 0 radical (unpaired) electrons. The molecule has 1 rings (SSSR count). The third kappa shape index (κ3) is 41.6. The summed E-state index contributed by atoms with van der Waals surface area (Å²) >= 11 is 0. The lowest BCUT2D eigenvalue weighted by molar-refractivity contribution is -0.302. The van der Waals surface area contributed by atoms with Gasteiger partial charge < -0.3 is 40.3 Å². The summed E-state index contributed by atoms with van der Waals surface area (Å²) in [7, 11) is 0. The number of amides is 1.